The summed E-state index contributed by atoms with van der Waals surface area (Å²) in [4.78, 5) is 8.34. The topological polar surface area (TPSA) is 97.3 Å². The molecule has 2 fully saturated rings. The molecule has 24 heavy (non-hydrogen) atoms. The van der Waals surface area contributed by atoms with Crippen LogP contribution in [0.3, 0.4) is 0 Å². The summed E-state index contributed by atoms with van der Waals surface area (Å²) in [6.45, 7) is 0. The third-order valence-electron chi connectivity index (χ3n) is 4.10. The van der Waals surface area contributed by atoms with E-state index in [9.17, 15) is 16.8 Å². The van der Waals surface area contributed by atoms with Gasteiger partial charge in [0.2, 0.25) is 0 Å². The number of halogens is 1. The van der Waals surface area contributed by atoms with Crippen LogP contribution in [0.15, 0.2) is 29.0 Å². The van der Waals surface area contributed by atoms with Gasteiger partial charge in [-0.2, -0.15) is 3.71 Å². The number of aromatic nitrogens is 2. The van der Waals surface area contributed by atoms with Gasteiger partial charge in [-0.3, -0.25) is 9.97 Å². The Hall–Kier alpha value is -1.26. The van der Waals surface area contributed by atoms with Crippen LogP contribution >= 0.6 is 15.9 Å². The monoisotopic (exact) mass is 431 g/mol. The molecule has 2 aliphatic carbocycles. The Balaban J connectivity index is 2.03. The Morgan fingerprint density at radius 1 is 0.917 bits per heavy atom. The minimum atomic E-state index is -4.01. The van der Waals surface area contributed by atoms with Crippen LogP contribution in [0.25, 0.3) is 11.0 Å². The number of nitrogens with zero attached hydrogens (tertiary/aromatic N) is 3. The van der Waals surface area contributed by atoms with Crippen LogP contribution in [0, 0.1) is 0 Å². The predicted molar refractivity (Wildman–Crippen MR) is 93.6 cm³/mol. The van der Waals surface area contributed by atoms with Crippen LogP contribution < -0.4 is 3.71 Å². The van der Waals surface area contributed by atoms with Crippen molar-refractivity contribution in [1.82, 2.24) is 9.97 Å². The third-order valence-corrected chi connectivity index (χ3v) is 9.90. The van der Waals surface area contributed by atoms with Crippen molar-refractivity contribution >= 4 is 52.7 Å². The summed E-state index contributed by atoms with van der Waals surface area (Å²) in [6.07, 6.45) is 4.82. The van der Waals surface area contributed by atoms with E-state index in [1.807, 2.05) is 0 Å². The largest absolute Gasteiger partial charge is 0.253 e. The van der Waals surface area contributed by atoms with E-state index in [2.05, 4.69) is 25.9 Å². The van der Waals surface area contributed by atoms with Crippen molar-refractivity contribution in [2.24, 2.45) is 0 Å². The number of sulfonamides is 2. The fraction of sp³-hybridized carbons (Fsp3) is 0.429. The van der Waals surface area contributed by atoms with Crippen molar-refractivity contribution in [2.45, 2.75) is 36.2 Å². The summed E-state index contributed by atoms with van der Waals surface area (Å²) >= 11 is 3.30. The first kappa shape index (κ1) is 16.2. The van der Waals surface area contributed by atoms with E-state index < -0.39 is 30.5 Å². The summed E-state index contributed by atoms with van der Waals surface area (Å²) in [6, 6.07) is 3.27. The second kappa shape index (κ2) is 5.37. The minimum Gasteiger partial charge on any atom is -0.253 e. The molecule has 4 rings (SSSR count). The van der Waals surface area contributed by atoms with Gasteiger partial charge in [-0.15, -0.1) is 0 Å². The first-order valence-electron chi connectivity index (χ1n) is 7.51. The van der Waals surface area contributed by atoms with Gasteiger partial charge in [-0.05, 0) is 53.7 Å². The zero-order chi connectivity index (χ0) is 17.1. The van der Waals surface area contributed by atoms with E-state index in [-0.39, 0.29) is 11.2 Å². The highest BCUT2D eigenvalue weighted by Gasteiger charge is 2.51. The van der Waals surface area contributed by atoms with Crippen molar-refractivity contribution in [3.63, 3.8) is 0 Å². The van der Waals surface area contributed by atoms with Gasteiger partial charge in [-0.1, -0.05) is 0 Å². The summed E-state index contributed by atoms with van der Waals surface area (Å²) < 4.78 is 52.8. The lowest BCUT2D eigenvalue weighted by atomic mass is 10.2. The number of fused-ring (bicyclic) bond motifs is 1. The van der Waals surface area contributed by atoms with Crippen molar-refractivity contribution in [2.75, 3.05) is 3.71 Å². The molecule has 7 nitrogen and oxygen atoms in total. The molecular formula is C14H14BrN3O4S2. The molecule has 0 aliphatic heterocycles. The molecule has 1 aromatic heterocycles. The maximum atomic E-state index is 12.9. The van der Waals surface area contributed by atoms with Gasteiger partial charge < -0.3 is 0 Å². The van der Waals surface area contributed by atoms with Crippen LogP contribution in [-0.4, -0.2) is 37.3 Å². The standard InChI is InChI=1S/C14H14BrN3O4S2/c15-11-5-6-12-13(17-8-7-16-12)14(11)18(23(19,20)9-1-2-9)24(21,22)10-3-4-10/h5-10H,1-4H2. The van der Waals surface area contributed by atoms with Crippen LogP contribution in [-0.2, 0) is 20.0 Å². The van der Waals surface area contributed by atoms with E-state index in [4.69, 9.17) is 0 Å². The molecule has 0 unspecified atom stereocenters. The lowest BCUT2D eigenvalue weighted by Crippen LogP contribution is -2.41. The molecule has 0 saturated heterocycles. The van der Waals surface area contributed by atoms with Gasteiger partial charge in [-0.25, -0.2) is 16.8 Å². The Kier molecular flexibility index (Phi) is 3.63. The molecule has 0 amide bonds. The summed E-state index contributed by atoms with van der Waals surface area (Å²) in [5.41, 5.74) is 0.734. The van der Waals surface area contributed by atoms with E-state index in [1.165, 1.54) is 12.4 Å². The zero-order valence-electron chi connectivity index (χ0n) is 12.5. The molecule has 0 spiro atoms. The molecular weight excluding hydrogens is 418 g/mol. The number of hydrogen-bond donors (Lipinski definition) is 0. The second-order valence-electron chi connectivity index (χ2n) is 6.01. The Morgan fingerprint density at radius 3 is 2.00 bits per heavy atom. The molecule has 10 heteroatoms. The average molecular weight is 432 g/mol. The molecule has 0 radical (unpaired) electrons. The number of hydrogen-bond acceptors (Lipinski definition) is 6. The normalized spacial score (nSPS) is 18.7. The molecule has 2 saturated carbocycles. The number of benzene rings is 1. The van der Waals surface area contributed by atoms with E-state index in [0.29, 0.717) is 39.4 Å². The Labute approximate surface area is 148 Å². The van der Waals surface area contributed by atoms with Crippen molar-refractivity contribution < 1.29 is 16.8 Å². The zero-order valence-corrected chi connectivity index (χ0v) is 15.7. The summed E-state index contributed by atoms with van der Waals surface area (Å²) in [5.74, 6) is 0. The van der Waals surface area contributed by atoms with Crippen molar-refractivity contribution in [3.05, 3.63) is 29.0 Å². The molecule has 2 aliphatic rings. The second-order valence-corrected chi connectivity index (χ2v) is 11.2. The molecule has 0 N–H and O–H groups in total. The smallest absolute Gasteiger partial charge is 0.251 e. The van der Waals surface area contributed by atoms with Crippen molar-refractivity contribution in [3.8, 4) is 0 Å². The van der Waals surface area contributed by atoms with Crippen LogP contribution in [0.4, 0.5) is 5.69 Å². The third kappa shape index (κ3) is 2.51. The molecule has 1 heterocycles. The van der Waals surface area contributed by atoms with Gasteiger partial charge in [0.1, 0.15) is 11.2 Å². The minimum absolute atomic E-state index is 0.0411. The van der Waals surface area contributed by atoms with Crippen LogP contribution in [0.2, 0.25) is 0 Å². The predicted octanol–water partition coefficient (Wildman–Crippen LogP) is 2.18. The maximum Gasteiger partial charge on any atom is 0.251 e. The molecule has 0 atom stereocenters. The summed E-state index contributed by atoms with van der Waals surface area (Å²) in [5, 5.41) is -1.30. The highest BCUT2D eigenvalue weighted by atomic mass is 79.9. The Bertz CT molecular complexity index is 989. The van der Waals surface area contributed by atoms with Crippen molar-refractivity contribution in [1.29, 1.82) is 0 Å². The lowest BCUT2D eigenvalue weighted by molar-refractivity contribution is 0.582. The highest BCUT2D eigenvalue weighted by molar-refractivity contribution is 9.10. The molecule has 128 valence electrons. The van der Waals surface area contributed by atoms with Gasteiger partial charge >= 0.3 is 0 Å². The molecule has 2 aromatic rings. The van der Waals surface area contributed by atoms with Crippen LogP contribution in [0.5, 0.6) is 0 Å². The van der Waals surface area contributed by atoms with E-state index in [0.717, 1.165) is 0 Å². The van der Waals surface area contributed by atoms with Gasteiger partial charge in [0.15, 0.2) is 0 Å². The quantitative estimate of drug-likeness (QED) is 0.719. The fourth-order valence-corrected chi connectivity index (χ4v) is 8.08. The average Bonchev–Trinajstić information content (AvgIpc) is 3.40. The first-order chi connectivity index (χ1) is 11.3. The van der Waals surface area contributed by atoms with E-state index in [1.54, 1.807) is 12.1 Å². The van der Waals surface area contributed by atoms with Gasteiger partial charge in [0, 0.05) is 16.9 Å². The first-order valence-corrected chi connectivity index (χ1v) is 11.3. The van der Waals surface area contributed by atoms with Gasteiger partial charge in [0.05, 0.1) is 16.0 Å². The fourth-order valence-electron chi connectivity index (χ4n) is 2.57. The molecule has 0 bridgehead atoms. The highest BCUT2D eigenvalue weighted by Crippen LogP contribution is 2.44. The SMILES string of the molecule is O=S(=O)(C1CC1)N(c1c(Br)ccc2nccnc12)S(=O)(=O)C1CC1. The number of rotatable bonds is 5. The maximum absolute atomic E-state index is 12.9. The lowest BCUT2D eigenvalue weighted by Gasteiger charge is -2.25. The number of anilines is 1. The van der Waals surface area contributed by atoms with Crippen LogP contribution in [0.1, 0.15) is 25.7 Å². The van der Waals surface area contributed by atoms with E-state index >= 15 is 0 Å². The van der Waals surface area contributed by atoms with Gasteiger partial charge in [0.25, 0.3) is 20.0 Å². The summed E-state index contributed by atoms with van der Waals surface area (Å²) in [7, 11) is -8.02. The Morgan fingerprint density at radius 2 is 1.46 bits per heavy atom. The molecule has 1 aromatic carbocycles.